The van der Waals surface area contributed by atoms with Crippen molar-refractivity contribution >= 4 is 5.97 Å². The van der Waals surface area contributed by atoms with Crippen molar-refractivity contribution in [1.82, 2.24) is 0 Å². The van der Waals surface area contributed by atoms with Crippen molar-refractivity contribution in [2.75, 3.05) is 0 Å². The van der Waals surface area contributed by atoms with Crippen LogP contribution in [0.1, 0.15) is 20.8 Å². The number of carbonyl (C=O) groups is 1. The summed E-state index contributed by atoms with van der Waals surface area (Å²) in [5.41, 5.74) is 0.408. The van der Waals surface area contributed by atoms with Crippen molar-refractivity contribution in [3.8, 4) is 6.07 Å². The number of carboxylic acid groups (broad SMARTS) is 1. The van der Waals surface area contributed by atoms with Crippen LogP contribution in [0.4, 0.5) is 0 Å². The van der Waals surface area contributed by atoms with Gasteiger partial charge in [-0.15, -0.1) is 0 Å². The molecule has 1 fully saturated rings. The van der Waals surface area contributed by atoms with Crippen LogP contribution in [0.5, 0.6) is 0 Å². The van der Waals surface area contributed by atoms with Crippen LogP contribution in [0, 0.1) is 28.6 Å². The predicted octanol–water partition coefficient (Wildman–Crippen LogP) is 1.81. The Morgan fingerprint density at radius 2 is 2.15 bits per heavy atom. The first-order chi connectivity index (χ1) is 5.91. The molecule has 3 heteroatoms. The first-order valence-corrected chi connectivity index (χ1v) is 4.22. The molecule has 0 bridgehead atoms. The zero-order valence-corrected chi connectivity index (χ0v) is 8.03. The summed E-state index contributed by atoms with van der Waals surface area (Å²) in [6, 6.07) is 2.00. The van der Waals surface area contributed by atoms with E-state index in [0.29, 0.717) is 5.57 Å². The summed E-state index contributed by atoms with van der Waals surface area (Å²) in [5.74, 6) is -1.07. The Morgan fingerprint density at radius 3 is 2.46 bits per heavy atom. The minimum atomic E-state index is -0.767. The van der Waals surface area contributed by atoms with E-state index in [4.69, 9.17) is 10.4 Å². The molecule has 1 rings (SSSR count). The Bertz CT molecular complexity index is 309. The van der Waals surface area contributed by atoms with Crippen LogP contribution in [0.15, 0.2) is 11.6 Å². The summed E-state index contributed by atoms with van der Waals surface area (Å²) in [4.78, 5) is 10.7. The van der Waals surface area contributed by atoms with Crippen molar-refractivity contribution in [2.24, 2.45) is 17.3 Å². The molecule has 0 radical (unpaired) electrons. The Hall–Kier alpha value is -1.30. The maximum atomic E-state index is 10.7. The van der Waals surface area contributed by atoms with Gasteiger partial charge in [0, 0.05) is 5.57 Å². The van der Waals surface area contributed by atoms with E-state index in [9.17, 15) is 4.79 Å². The van der Waals surface area contributed by atoms with Crippen molar-refractivity contribution in [2.45, 2.75) is 20.8 Å². The van der Waals surface area contributed by atoms with Gasteiger partial charge in [-0.3, -0.25) is 4.79 Å². The molecule has 1 unspecified atom stereocenters. The number of nitrogens with zero attached hydrogens (tertiary/aromatic N) is 1. The summed E-state index contributed by atoms with van der Waals surface area (Å²) < 4.78 is 0. The molecule has 0 aromatic carbocycles. The second kappa shape index (κ2) is 2.88. The van der Waals surface area contributed by atoms with Crippen molar-refractivity contribution in [3.05, 3.63) is 11.6 Å². The second-order valence-corrected chi connectivity index (χ2v) is 4.12. The molecule has 3 nitrogen and oxygen atoms in total. The SMILES string of the molecule is CC(C#N)=CC1[C@@H](C(=O)O)C1(C)C. The molecular formula is C10H13NO2. The number of hydrogen-bond acceptors (Lipinski definition) is 2. The highest BCUT2D eigenvalue weighted by Crippen LogP contribution is 2.59. The minimum Gasteiger partial charge on any atom is -0.481 e. The molecule has 0 aromatic heterocycles. The van der Waals surface area contributed by atoms with E-state index < -0.39 is 5.97 Å². The van der Waals surface area contributed by atoms with Gasteiger partial charge in [0.2, 0.25) is 0 Å². The Balaban J connectivity index is 2.79. The quantitative estimate of drug-likeness (QED) is 0.657. The highest BCUT2D eigenvalue weighted by molar-refractivity contribution is 5.76. The molecule has 13 heavy (non-hydrogen) atoms. The van der Waals surface area contributed by atoms with E-state index in [1.54, 1.807) is 13.0 Å². The van der Waals surface area contributed by atoms with Gasteiger partial charge < -0.3 is 5.11 Å². The molecule has 0 saturated heterocycles. The molecule has 0 amide bonds. The molecule has 0 spiro atoms. The topological polar surface area (TPSA) is 61.1 Å². The van der Waals surface area contributed by atoms with Crippen molar-refractivity contribution in [1.29, 1.82) is 5.26 Å². The van der Waals surface area contributed by atoms with Gasteiger partial charge in [-0.05, 0) is 18.3 Å². The van der Waals surface area contributed by atoms with E-state index in [0.717, 1.165) is 0 Å². The highest BCUT2D eigenvalue weighted by atomic mass is 16.4. The first-order valence-electron chi connectivity index (χ1n) is 4.22. The van der Waals surface area contributed by atoms with Crippen LogP contribution in [0.25, 0.3) is 0 Å². The van der Waals surface area contributed by atoms with Gasteiger partial charge in [0.15, 0.2) is 0 Å². The van der Waals surface area contributed by atoms with Crippen LogP contribution >= 0.6 is 0 Å². The molecule has 0 aromatic rings. The van der Waals surface area contributed by atoms with Crippen molar-refractivity contribution < 1.29 is 9.90 Å². The molecule has 1 saturated carbocycles. The lowest BCUT2D eigenvalue weighted by molar-refractivity contribution is -0.139. The Labute approximate surface area is 77.7 Å². The predicted molar refractivity (Wildman–Crippen MR) is 47.8 cm³/mol. The third kappa shape index (κ3) is 1.57. The number of rotatable bonds is 2. The van der Waals surface area contributed by atoms with Gasteiger partial charge in [0.25, 0.3) is 0 Å². The zero-order chi connectivity index (χ0) is 10.2. The summed E-state index contributed by atoms with van der Waals surface area (Å²) >= 11 is 0. The number of allylic oxidation sites excluding steroid dienone is 2. The molecule has 70 valence electrons. The smallest absolute Gasteiger partial charge is 0.307 e. The van der Waals surface area contributed by atoms with Gasteiger partial charge in [0.05, 0.1) is 12.0 Å². The van der Waals surface area contributed by atoms with Crippen LogP contribution < -0.4 is 0 Å². The average Bonchev–Trinajstić information content (AvgIpc) is 2.53. The lowest BCUT2D eigenvalue weighted by Gasteiger charge is -1.96. The monoisotopic (exact) mass is 179 g/mol. The van der Waals surface area contributed by atoms with Gasteiger partial charge in [-0.25, -0.2) is 0 Å². The van der Waals surface area contributed by atoms with Crippen molar-refractivity contribution in [3.63, 3.8) is 0 Å². The maximum absolute atomic E-state index is 10.7. The molecular weight excluding hydrogens is 166 g/mol. The molecule has 1 N–H and O–H groups in total. The summed E-state index contributed by atoms with van der Waals surface area (Å²) in [6.07, 6.45) is 1.76. The standard InChI is InChI=1S/C10H13NO2/c1-6(5-11)4-7-8(9(12)13)10(7,2)3/h4,7-8H,1-3H3,(H,12,13)/t7?,8-/m0/s1. The molecule has 2 atom stereocenters. The molecule has 0 aliphatic heterocycles. The minimum absolute atomic E-state index is 0.0182. The fourth-order valence-electron chi connectivity index (χ4n) is 1.77. The average molecular weight is 179 g/mol. The van der Waals surface area contributed by atoms with Crippen LogP contribution in [-0.4, -0.2) is 11.1 Å². The lowest BCUT2D eigenvalue weighted by Crippen LogP contribution is -2.03. The van der Waals surface area contributed by atoms with E-state index in [1.165, 1.54) is 0 Å². The fraction of sp³-hybridized carbons (Fsp3) is 0.600. The number of carboxylic acids is 1. The van der Waals surface area contributed by atoms with Gasteiger partial charge in [-0.1, -0.05) is 19.9 Å². The summed E-state index contributed by atoms with van der Waals surface area (Å²) in [6.45, 7) is 5.53. The summed E-state index contributed by atoms with van der Waals surface area (Å²) in [7, 11) is 0. The van der Waals surface area contributed by atoms with Crippen LogP contribution in [-0.2, 0) is 4.79 Å². The Kier molecular flexibility index (Phi) is 2.17. The second-order valence-electron chi connectivity index (χ2n) is 4.12. The van der Waals surface area contributed by atoms with Gasteiger partial charge >= 0.3 is 5.97 Å². The normalized spacial score (nSPS) is 30.8. The third-order valence-electron chi connectivity index (χ3n) is 2.78. The van der Waals surface area contributed by atoms with Gasteiger partial charge in [-0.2, -0.15) is 5.26 Å². The van der Waals surface area contributed by atoms with E-state index in [2.05, 4.69) is 0 Å². The number of nitriles is 1. The summed E-state index contributed by atoms with van der Waals surface area (Å²) in [5, 5.41) is 17.4. The largest absolute Gasteiger partial charge is 0.481 e. The van der Waals surface area contributed by atoms with Gasteiger partial charge in [0.1, 0.15) is 0 Å². The molecule has 1 aliphatic rings. The zero-order valence-electron chi connectivity index (χ0n) is 8.03. The molecule has 0 heterocycles. The first kappa shape index (κ1) is 9.79. The Morgan fingerprint density at radius 1 is 1.62 bits per heavy atom. The van der Waals surface area contributed by atoms with E-state index in [1.807, 2.05) is 19.9 Å². The third-order valence-corrected chi connectivity index (χ3v) is 2.78. The highest BCUT2D eigenvalue weighted by Gasteiger charge is 2.60. The van der Waals surface area contributed by atoms with E-state index in [-0.39, 0.29) is 17.3 Å². The van der Waals surface area contributed by atoms with Crippen LogP contribution in [0.3, 0.4) is 0 Å². The fourth-order valence-corrected chi connectivity index (χ4v) is 1.77. The maximum Gasteiger partial charge on any atom is 0.307 e. The molecule has 1 aliphatic carbocycles. The number of hydrogen-bond donors (Lipinski definition) is 1. The number of aliphatic carboxylic acids is 1. The lowest BCUT2D eigenvalue weighted by atomic mass is 10.1. The van der Waals surface area contributed by atoms with Crippen LogP contribution in [0.2, 0.25) is 0 Å². The van der Waals surface area contributed by atoms with E-state index >= 15 is 0 Å².